The van der Waals surface area contributed by atoms with Crippen LogP contribution in [0.3, 0.4) is 0 Å². The van der Waals surface area contributed by atoms with E-state index >= 15 is 0 Å². The highest BCUT2D eigenvalue weighted by Gasteiger charge is 1.99. The van der Waals surface area contributed by atoms with E-state index in [-0.39, 0.29) is 6.42 Å². The predicted octanol–water partition coefficient (Wildman–Crippen LogP) is 5.97. The Balaban J connectivity index is 1.59. The number of carbonyl (C=O) groups is 1. The monoisotopic (exact) mass is 342 g/mol. The van der Waals surface area contributed by atoms with Crippen LogP contribution in [-0.4, -0.2) is 11.1 Å². The molecular formula is C21H26O2S. The van der Waals surface area contributed by atoms with E-state index in [1.165, 1.54) is 41.0 Å². The number of carboxylic acid groups (broad SMARTS) is 1. The predicted molar refractivity (Wildman–Crippen MR) is 103 cm³/mol. The van der Waals surface area contributed by atoms with Gasteiger partial charge in [-0.25, -0.2) is 0 Å². The highest BCUT2D eigenvalue weighted by molar-refractivity contribution is 7.12. The molecule has 0 fully saturated rings. The first kappa shape index (κ1) is 18.5. The summed E-state index contributed by atoms with van der Waals surface area (Å²) in [6.07, 6.45) is 12.1. The fraction of sp³-hybridized carbons (Fsp3) is 0.381. The average Bonchev–Trinajstić information content (AvgIpc) is 3.03. The summed E-state index contributed by atoms with van der Waals surface area (Å²) in [5, 5.41) is 8.60. The van der Waals surface area contributed by atoms with Crippen LogP contribution in [0.1, 0.15) is 53.8 Å². The van der Waals surface area contributed by atoms with Gasteiger partial charge in [-0.05, 0) is 62.3 Å². The molecule has 24 heavy (non-hydrogen) atoms. The van der Waals surface area contributed by atoms with Gasteiger partial charge < -0.3 is 5.11 Å². The second-order valence-electron chi connectivity index (χ2n) is 6.04. The molecule has 2 aromatic rings. The molecule has 0 aliphatic heterocycles. The number of unbranched alkanes of at least 4 members (excludes halogenated alkanes) is 3. The van der Waals surface area contributed by atoms with Crippen LogP contribution in [-0.2, 0) is 17.6 Å². The second kappa shape index (κ2) is 10.8. The third kappa shape index (κ3) is 7.60. The van der Waals surface area contributed by atoms with E-state index in [0.717, 1.165) is 12.8 Å². The molecule has 0 bridgehead atoms. The standard InChI is InChI=1S/C21H26O2S/c22-21(23)15-9-3-8-14-20-17-16-19(24-20)13-7-2-6-12-18-10-4-1-5-11-18/h1,4-5,8,10-11,14,16-17H,2-3,6-7,9,12-13,15H2,(H,22,23). The average molecular weight is 343 g/mol. The number of rotatable bonds is 11. The molecule has 1 aromatic carbocycles. The first-order valence-electron chi connectivity index (χ1n) is 8.75. The molecule has 0 saturated carbocycles. The Morgan fingerprint density at radius 1 is 0.958 bits per heavy atom. The molecule has 0 radical (unpaired) electrons. The zero-order chi connectivity index (χ0) is 17.0. The Hall–Kier alpha value is -1.87. The number of allylic oxidation sites excluding steroid dienone is 1. The van der Waals surface area contributed by atoms with Gasteiger partial charge in [0.2, 0.25) is 0 Å². The zero-order valence-corrected chi connectivity index (χ0v) is 14.9. The molecule has 1 heterocycles. The summed E-state index contributed by atoms with van der Waals surface area (Å²) < 4.78 is 0. The Morgan fingerprint density at radius 3 is 2.54 bits per heavy atom. The minimum atomic E-state index is -0.714. The minimum absolute atomic E-state index is 0.253. The van der Waals surface area contributed by atoms with Crippen LogP contribution in [0.4, 0.5) is 0 Å². The number of benzene rings is 1. The van der Waals surface area contributed by atoms with Gasteiger partial charge in [0.25, 0.3) is 0 Å². The molecule has 128 valence electrons. The Bertz CT molecular complexity index is 628. The maximum absolute atomic E-state index is 10.4. The van der Waals surface area contributed by atoms with Gasteiger partial charge in [-0.1, -0.05) is 42.8 Å². The minimum Gasteiger partial charge on any atom is -0.481 e. The summed E-state index contributed by atoms with van der Waals surface area (Å²) in [6.45, 7) is 0. The number of aliphatic carboxylic acids is 1. The number of hydrogen-bond donors (Lipinski definition) is 1. The van der Waals surface area contributed by atoms with Crippen molar-refractivity contribution in [3.8, 4) is 0 Å². The van der Waals surface area contributed by atoms with E-state index in [1.54, 1.807) is 0 Å². The van der Waals surface area contributed by atoms with Crippen molar-refractivity contribution in [2.75, 3.05) is 0 Å². The van der Waals surface area contributed by atoms with E-state index in [1.807, 2.05) is 11.3 Å². The van der Waals surface area contributed by atoms with E-state index in [4.69, 9.17) is 5.11 Å². The quantitative estimate of drug-likeness (QED) is 0.511. The van der Waals surface area contributed by atoms with Crippen molar-refractivity contribution >= 4 is 23.4 Å². The third-order valence-electron chi connectivity index (χ3n) is 3.96. The Labute approximate surface area is 148 Å². The fourth-order valence-electron chi connectivity index (χ4n) is 2.64. The van der Waals surface area contributed by atoms with Crippen molar-refractivity contribution in [1.29, 1.82) is 0 Å². The van der Waals surface area contributed by atoms with Gasteiger partial charge in [0.05, 0.1) is 0 Å². The molecule has 0 saturated heterocycles. The van der Waals surface area contributed by atoms with Crippen LogP contribution < -0.4 is 0 Å². The molecule has 1 N–H and O–H groups in total. The van der Waals surface area contributed by atoms with Crippen molar-refractivity contribution in [3.05, 3.63) is 63.9 Å². The molecule has 0 unspecified atom stereocenters. The molecule has 0 aliphatic rings. The molecule has 0 amide bonds. The largest absolute Gasteiger partial charge is 0.481 e. The summed E-state index contributed by atoms with van der Waals surface area (Å²) in [5.41, 5.74) is 1.43. The van der Waals surface area contributed by atoms with E-state index in [0.29, 0.717) is 6.42 Å². The van der Waals surface area contributed by atoms with Crippen molar-refractivity contribution in [1.82, 2.24) is 0 Å². The van der Waals surface area contributed by atoms with E-state index in [2.05, 4.69) is 54.6 Å². The van der Waals surface area contributed by atoms with Crippen molar-refractivity contribution in [2.24, 2.45) is 0 Å². The van der Waals surface area contributed by atoms with Gasteiger partial charge in [0.15, 0.2) is 0 Å². The van der Waals surface area contributed by atoms with Crippen LogP contribution in [0.15, 0.2) is 48.5 Å². The lowest BCUT2D eigenvalue weighted by atomic mass is 10.1. The Kier molecular flexibility index (Phi) is 8.33. The summed E-state index contributed by atoms with van der Waals surface area (Å²) >= 11 is 1.85. The topological polar surface area (TPSA) is 37.3 Å². The molecule has 2 nitrogen and oxygen atoms in total. The first-order valence-corrected chi connectivity index (χ1v) is 9.56. The summed E-state index contributed by atoms with van der Waals surface area (Å²) in [6, 6.07) is 15.1. The first-order chi connectivity index (χ1) is 11.7. The Morgan fingerprint density at radius 2 is 1.75 bits per heavy atom. The normalized spacial score (nSPS) is 11.2. The maximum atomic E-state index is 10.4. The van der Waals surface area contributed by atoms with E-state index < -0.39 is 5.97 Å². The van der Waals surface area contributed by atoms with Gasteiger partial charge in [0.1, 0.15) is 0 Å². The SMILES string of the molecule is O=C(O)CCCC=Cc1ccc(CCCCCc2ccccc2)s1. The van der Waals surface area contributed by atoms with Crippen molar-refractivity contribution < 1.29 is 9.90 Å². The van der Waals surface area contributed by atoms with Gasteiger partial charge in [0, 0.05) is 16.2 Å². The highest BCUT2D eigenvalue weighted by atomic mass is 32.1. The molecule has 0 aliphatic carbocycles. The summed E-state index contributed by atoms with van der Waals surface area (Å²) in [5.74, 6) is -0.714. The molecule has 1 aromatic heterocycles. The highest BCUT2D eigenvalue weighted by Crippen LogP contribution is 2.21. The number of hydrogen-bond acceptors (Lipinski definition) is 2. The molecule has 3 heteroatoms. The smallest absolute Gasteiger partial charge is 0.303 e. The zero-order valence-electron chi connectivity index (χ0n) is 14.1. The van der Waals surface area contributed by atoms with Crippen LogP contribution in [0.25, 0.3) is 6.08 Å². The number of thiophene rings is 1. The lowest BCUT2D eigenvalue weighted by Crippen LogP contribution is -1.92. The fourth-order valence-corrected chi connectivity index (χ4v) is 3.62. The molecule has 2 rings (SSSR count). The molecular weight excluding hydrogens is 316 g/mol. The maximum Gasteiger partial charge on any atom is 0.303 e. The van der Waals surface area contributed by atoms with Gasteiger partial charge in [-0.3, -0.25) is 4.79 Å². The summed E-state index contributed by atoms with van der Waals surface area (Å²) in [4.78, 5) is 13.2. The van der Waals surface area contributed by atoms with Crippen LogP contribution in [0.5, 0.6) is 0 Å². The van der Waals surface area contributed by atoms with Crippen molar-refractivity contribution in [3.63, 3.8) is 0 Å². The van der Waals surface area contributed by atoms with Gasteiger partial charge in [-0.2, -0.15) is 0 Å². The van der Waals surface area contributed by atoms with Crippen molar-refractivity contribution in [2.45, 2.75) is 51.4 Å². The van der Waals surface area contributed by atoms with Gasteiger partial charge >= 0.3 is 5.97 Å². The van der Waals surface area contributed by atoms with Crippen LogP contribution >= 0.6 is 11.3 Å². The van der Waals surface area contributed by atoms with Gasteiger partial charge in [-0.15, -0.1) is 11.3 Å². The van der Waals surface area contributed by atoms with E-state index in [9.17, 15) is 4.79 Å². The second-order valence-corrected chi connectivity index (χ2v) is 7.24. The number of aryl methyl sites for hydroxylation is 2. The summed E-state index contributed by atoms with van der Waals surface area (Å²) in [7, 11) is 0. The third-order valence-corrected chi connectivity index (χ3v) is 5.07. The van der Waals surface area contributed by atoms with Crippen LogP contribution in [0, 0.1) is 0 Å². The lowest BCUT2D eigenvalue weighted by Gasteiger charge is -2.01. The number of carboxylic acids is 1. The van der Waals surface area contributed by atoms with Crippen LogP contribution in [0.2, 0.25) is 0 Å². The lowest BCUT2D eigenvalue weighted by molar-refractivity contribution is -0.137. The molecule has 0 spiro atoms. The molecule has 0 atom stereocenters.